The molecule has 320 valence electrons. The summed E-state index contributed by atoms with van der Waals surface area (Å²) in [7, 11) is 0. The standard InChI is InChI=1S/C46H52N12O4/c1-28-22-31(6-12-35(28)29(2)50-42(60)43-53-44(54-62-43)46(3,4)5)40-36-23-38(51-41(36)49-27-48-40)37-13-11-34(24-47-37)57-20-18-55(19-21-57)25-30-14-16-56(17-15-30)32-7-9-33(10-8-32)58-26-39(59)52-45(58)61/h6-13,22-24,27,29-30H,14-21,25-26H2,1-5H3,(H,50,60)(H,48,49,51)(H,52,59,61). The number of aryl methyl sites for hydroxylation is 1. The van der Waals surface area contributed by atoms with Crippen LogP contribution in [0.2, 0.25) is 0 Å². The number of hydrogen-bond donors (Lipinski definition) is 3. The molecular weight excluding hydrogens is 785 g/mol. The first-order valence-corrected chi connectivity index (χ1v) is 21.4. The third-order valence-electron chi connectivity index (χ3n) is 12.3. The van der Waals surface area contributed by atoms with Gasteiger partial charge in [-0.3, -0.25) is 29.7 Å². The van der Waals surface area contributed by atoms with Crippen molar-refractivity contribution < 1.29 is 18.9 Å². The molecule has 2 aromatic carbocycles. The molecule has 3 aliphatic rings. The van der Waals surface area contributed by atoms with E-state index in [0.717, 1.165) is 121 Å². The van der Waals surface area contributed by atoms with Crippen molar-refractivity contribution >= 4 is 45.9 Å². The van der Waals surface area contributed by atoms with Crippen LogP contribution in [0, 0.1) is 12.8 Å². The third kappa shape index (κ3) is 8.46. The summed E-state index contributed by atoms with van der Waals surface area (Å²) in [5.41, 5.74) is 8.86. The summed E-state index contributed by atoms with van der Waals surface area (Å²) in [6.07, 6.45) is 5.83. The number of hydrogen-bond acceptors (Lipinski definition) is 12. The first kappa shape index (κ1) is 40.7. The monoisotopic (exact) mass is 836 g/mol. The highest BCUT2D eigenvalue weighted by atomic mass is 16.5. The Morgan fingerprint density at radius 3 is 2.27 bits per heavy atom. The predicted octanol–water partition coefficient (Wildman–Crippen LogP) is 6.26. The van der Waals surface area contributed by atoms with Gasteiger partial charge in [-0.05, 0) is 92.3 Å². The molecule has 1 atom stereocenters. The van der Waals surface area contributed by atoms with Crippen molar-refractivity contribution in [3.63, 3.8) is 0 Å². The minimum Gasteiger partial charge on any atom is -0.372 e. The average molecular weight is 837 g/mol. The molecule has 0 spiro atoms. The normalized spacial score (nSPS) is 17.2. The number of urea groups is 1. The number of aromatic nitrogens is 6. The molecule has 16 nitrogen and oxygen atoms in total. The number of benzene rings is 2. The summed E-state index contributed by atoms with van der Waals surface area (Å²) in [5.74, 6) is 0.416. The number of nitrogens with one attached hydrogen (secondary N) is 3. The Bertz CT molecular complexity index is 2600. The highest BCUT2D eigenvalue weighted by Gasteiger charge is 2.29. The lowest BCUT2D eigenvalue weighted by atomic mass is 9.95. The fourth-order valence-corrected chi connectivity index (χ4v) is 8.73. The van der Waals surface area contributed by atoms with Gasteiger partial charge in [0, 0.05) is 73.6 Å². The number of carbonyl (C=O) groups is 3. The van der Waals surface area contributed by atoms with Gasteiger partial charge in [0.1, 0.15) is 18.5 Å². The number of amides is 4. The second kappa shape index (κ2) is 16.6. The molecule has 9 rings (SSSR count). The van der Waals surface area contributed by atoms with Gasteiger partial charge in [-0.25, -0.2) is 14.8 Å². The fraction of sp³-hybridized carbons (Fsp3) is 0.391. The molecule has 3 aliphatic heterocycles. The first-order chi connectivity index (χ1) is 29.9. The largest absolute Gasteiger partial charge is 0.372 e. The Morgan fingerprint density at radius 2 is 1.61 bits per heavy atom. The van der Waals surface area contributed by atoms with Crippen molar-refractivity contribution in [2.24, 2.45) is 5.92 Å². The first-order valence-electron chi connectivity index (χ1n) is 21.4. The van der Waals surface area contributed by atoms with Gasteiger partial charge in [-0.15, -0.1) is 0 Å². The van der Waals surface area contributed by atoms with E-state index in [4.69, 9.17) is 9.51 Å². The molecule has 3 fully saturated rings. The van der Waals surface area contributed by atoms with Crippen molar-refractivity contribution in [1.29, 1.82) is 0 Å². The molecule has 1 unspecified atom stereocenters. The summed E-state index contributed by atoms with van der Waals surface area (Å²) in [6.45, 7) is 17.0. The quantitative estimate of drug-likeness (QED) is 0.132. The van der Waals surface area contributed by atoms with Crippen LogP contribution in [-0.4, -0.2) is 105 Å². The van der Waals surface area contributed by atoms with E-state index < -0.39 is 5.91 Å². The van der Waals surface area contributed by atoms with Gasteiger partial charge >= 0.3 is 17.8 Å². The highest BCUT2D eigenvalue weighted by Crippen LogP contribution is 2.33. The number of piperidine rings is 1. The van der Waals surface area contributed by atoms with Crippen molar-refractivity contribution in [3.05, 3.63) is 96.0 Å². The number of fused-ring (bicyclic) bond motifs is 1. The zero-order valence-electron chi connectivity index (χ0n) is 35.8. The fourth-order valence-electron chi connectivity index (χ4n) is 8.73. The summed E-state index contributed by atoms with van der Waals surface area (Å²) in [4.78, 5) is 67.3. The van der Waals surface area contributed by atoms with Crippen LogP contribution in [0.5, 0.6) is 0 Å². The summed E-state index contributed by atoms with van der Waals surface area (Å²) in [6, 6.07) is 19.7. The zero-order chi connectivity index (χ0) is 43.1. The lowest BCUT2D eigenvalue weighted by molar-refractivity contribution is -0.117. The predicted molar refractivity (Wildman–Crippen MR) is 237 cm³/mol. The van der Waals surface area contributed by atoms with E-state index in [-0.39, 0.29) is 35.8 Å². The van der Waals surface area contributed by atoms with Gasteiger partial charge in [-0.1, -0.05) is 38.1 Å². The Labute approximate surface area is 360 Å². The lowest BCUT2D eigenvalue weighted by Gasteiger charge is -2.40. The highest BCUT2D eigenvalue weighted by molar-refractivity contribution is 6.12. The van der Waals surface area contributed by atoms with E-state index in [9.17, 15) is 14.4 Å². The number of piperazine rings is 1. The number of pyridine rings is 1. The lowest BCUT2D eigenvalue weighted by Crippen LogP contribution is -2.49. The average Bonchev–Trinajstić information content (AvgIpc) is 4.03. The molecule has 16 heteroatoms. The molecule has 0 saturated carbocycles. The number of anilines is 3. The van der Waals surface area contributed by atoms with E-state index in [2.05, 4.69) is 86.8 Å². The number of imide groups is 1. The molecular formula is C46H52N12O4. The Kier molecular flexibility index (Phi) is 10.9. The van der Waals surface area contributed by atoms with Gasteiger partial charge in [0.2, 0.25) is 5.91 Å². The Hall–Kier alpha value is -6.68. The molecule has 0 radical (unpaired) electrons. The van der Waals surface area contributed by atoms with E-state index in [1.165, 1.54) is 4.90 Å². The topological polar surface area (TPSA) is 182 Å². The summed E-state index contributed by atoms with van der Waals surface area (Å²) >= 11 is 0. The SMILES string of the molecule is Cc1cc(-c2ncnc3[nH]c(-c4ccc(N5CCN(CC6CCN(c7ccc(N8CC(=O)NC8=O)cc7)CC6)CC5)cn4)cc23)ccc1C(C)NC(=O)c1nc(C(C)(C)C)no1. The van der Waals surface area contributed by atoms with Crippen molar-refractivity contribution in [2.45, 2.75) is 58.9 Å². The maximum absolute atomic E-state index is 12.9. The van der Waals surface area contributed by atoms with Gasteiger partial charge in [0.05, 0.1) is 35.0 Å². The molecule has 0 aliphatic carbocycles. The molecule has 6 aromatic rings. The number of aromatic amines is 1. The van der Waals surface area contributed by atoms with Crippen molar-refractivity contribution in [3.8, 4) is 22.6 Å². The number of H-pyrrole nitrogens is 1. The van der Waals surface area contributed by atoms with Crippen LogP contribution in [0.3, 0.4) is 0 Å². The third-order valence-corrected chi connectivity index (χ3v) is 12.3. The number of carbonyl (C=O) groups excluding carboxylic acids is 3. The van der Waals surface area contributed by atoms with E-state index >= 15 is 0 Å². The molecule has 4 amide bonds. The second-order valence-corrected chi connectivity index (χ2v) is 17.7. The van der Waals surface area contributed by atoms with Gasteiger partial charge in [0.25, 0.3) is 0 Å². The minimum atomic E-state index is -0.412. The van der Waals surface area contributed by atoms with Gasteiger partial charge < -0.3 is 24.6 Å². The number of nitrogens with zero attached hydrogens (tertiary/aromatic N) is 9. The zero-order valence-corrected chi connectivity index (χ0v) is 35.8. The van der Waals surface area contributed by atoms with Crippen LogP contribution in [0.15, 0.2) is 77.7 Å². The molecule has 4 aromatic heterocycles. The summed E-state index contributed by atoms with van der Waals surface area (Å²) in [5, 5.41) is 10.2. The van der Waals surface area contributed by atoms with Crippen molar-refractivity contribution in [1.82, 2.24) is 45.6 Å². The number of rotatable bonds is 10. The van der Waals surface area contributed by atoms with E-state index in [0.29, 0.717) is 11.7 Å². The summed E-state index contributed by atoms with van der Waals surface area (Å²) < 4.78 is 5.24. The molecule has 3 N–H and O–H groups in total. The smallest absolute Gasteiger partial charge is 0.329 e. The van der Waals surface area contributed by atoms with Crippen molar-refractivity contribution in [2.75, 3.05) is 67.1 Å². The molecule has 3 saturated heterocycles. The van der Waals surface area contributed by atoms with Crippen LogP contribution >= 0.6 is 0 Å². The maximum atomic E-state index is 12.9. The van der Waals surface area contributed by atoms with Crippen LogP contribution in [0.25, 0.3) is 33.7 Å². The molecule has 7 heterocycles. The van der Waals surface area contributed by atoms with Crippen LogP contribution in [0.4, 0.5) is 21.9 Å². The van der Waals surface area contributed by atoms with E-state index in [1.807, 2.05) is 65.1 Å². The van der Waals surface area contributed by atoms with Gasteiger partial charge in [0.15, 0.2) is 5.82 Å². The molecule has 62 heavy (non-hydrogen) atoms. The van der Waals surface area contributed by atoms with Gasteiger partial charge in [-0.2, -0.15) is 4.98 Å². The Balaban J connectivity index is 0.774. The Morgan fingerprint density at radius 1 is 0.887 bits per heavy atom. The van der Waals surface area contributed by atoms with Crippen LogP contribution < -0.4 is 25.3 Å². The second-order valence-electron chi connectivity index (χ2n) is 17.7. The maximum Gasteiger partial charge on any atom is 0.329 e. The minimum absolute atomic E-state index is 0.0510. The van der Waals surface area contributed by atoms with E-state index in [1.54, 1.807) is 6.33 Å². The van der Waals surface area contributed by atoms with Crippen LogP contribution in [0.1, 0.15) is 74.2 Å². The molecule has 0 bridgehead atoms. The van der Waals surface area contributed by atoms with Crippen LogP contribution in [-0.2, 0) is 10.2 Å².